The van der Waals surface area contributed by atoms with Crippen LogP contribution in [0.15, 0.2) is 126 Å². The van der Waals surface area contributed by atoms with Gasteiger partial charge in [-0.2, -0.15) is 0 Å². The van der Waals surface area contributed by atoms with Gasteiger partial charge < -0.3 is 19.5 Å². The molecule has 0 spiro atoms. The number of aromatic nitrogens is 1. The monoisotopic (exact) mass is 664 g/mol. The molecule has 7 nitrogen and oxygen atoms in total. The third-order valence-electron chi connectivity index (χ3n) is 7.16. The number of carbonyl (C=O) groups is 2. The van der Waals surface area contributed by atoms with E-state index >= 15 is 0 Å². The van der Waals surface area contributed by atoms with E-state index in [1.54, 1.807) is 24.5 Å². The van der Waals surface area contributed by atoms with Crippen molar-refractivity contribution in [1.82, 2.24) is 10.3 Å². The fourth-order valence-corrected chi connectivity index (χ4v) is 5.21. The maximum atomic E-state index is 13.5. The molecule has 5 aromatic rings. The van der Waals surface area contributed by atoms with Gasteiger partial charge in [-0.15, -0.1) is 0 Å². The van der Waals surface area contributed by atoms with E-state index in [-0.39, 0.29) is 6.42 Å². The highest BCUT2D eigenvalue weighted by Gasteiger charge is 2.24. The number of benzene rings is 4. The standard InChI is InChI=1S/C37H33BrN2O5/c1-43-37(42)33(40-36(41)32-25-29(38)17-18-34(32)44-23-7-8-26-19-21-39-22-20-26)24-27-13-15-28(16-14-27)31-11-5-6-12-35(31)45-30-9-3-2-4-10-30/h2-6,9-22,25,33H,7-8,23-24H2,1H3,(H,40,41). The Morgan fingerprint density at radius 1 is 0.822 bits per heavy atom. The normalized spacial score (nSPS) is 11.3. The maximum Gasteiger partial charge on any atom is 0.328 e. The van der Waals surface area contributed by atoms with Crippen molar-refractivity contribution in [2.75, 3.05) is 13.7 Å². The first kappa shape index (κ1) is 31.5. The fourth-order valence-electron chi connectivity index (χ4n) is 4.85. The van der Waals surface area contributed by atoms with Crippen molar-refractivity contribution < 1.29 is 23.8 Å². The summed E-state index contributed by atoms with van der Waals surface area (Å²) in [6.45, 7) is 0.427. The van der Waals surface area contributed by atoms with Gasteiger partial charge in [-0.05, 0) is 78.1 Å². The molecular formula is C37H33BrN2O5. The molecule has 0 radical (unpaired) electrons. The van der Waals surface area contributed by atoms with Gasteiger partial charge in [-0.25, -0.2) is 4.79 Å². The average Bonchev–Trinajstić information content (AvgIpc) is 3.08. The Labute approximate surface area is 271 Å². The van der Waals surface area contributed by atoms with Crippen LogP contribution in [0.1, 0.15) is 27.9 Å². The second-order valence-corrected chi connectivity index (χ2v) is 11.2. The number of nitrogens with one attached hydrogen (secondary N) is 1. The summed E-state index contributed by atoms with van der Waals surface area (Å²) in [6, 6.07) is 33.6. The van der Waals surface area contributed by atoms with Crippen molar-refractivity contribution in [2.45, 2.75) is 25.3 Å². The number of esters is 1. The van der Waals surface area contributed by atoms with Crippen LogP contribution in [-0.4, -0.2) is 36.6 Å². The van der Waals surface area contributed by atoms with Gasteiger partial charge in [0.15, 0.2) is 0 Å². The number of aryl methyl sites for hydroxylation is 1. The number of nitrogens with zero attached hydrogens (tertiary/aromatic N) is 1. The van der Waals surface area contributed by atoms with Crippen LogP contribution in [0.3, 0.4) is 0 Å². The molecule has 4 aromatic carbocycles. The Kier molecular flexibility index (Phi) is 11.0. The zero-order chi connectivity index (χ0) is 31.4. The molecule has 8 heteroatoms. The lowest BCUT2D eigenvalue weighted by atomic mass is 9.99. The first-order chi connectivity index (χ1) is 22.0. The van der Waals surface area contributed by atoms with Gasteiger partial charge in [0.05, 0.1) is 19.3 Å². The minimum absolute atomic E-state index is 0.247. The number of pyridine rings is 1. The summed E-state index contributed by atoms with van der Waals surface area (Å²) in [5.41, 5.74) is 4.25. The molecule has 1 heterocycles. The average molecular weight is 666 g/mol. The molecule has 0 aliphatic heterocycles. The van der Waals surface area contributed by atoms with Gasteiger partial charge in [0, 0.05) is 28.9 Å². The van der Waals surface area contributed by atoms with Crippen LogP contribution in [0, 0.1) is 0 Å². The lowest BCUT2D eigenvalue weighted by Gasteiger charge is -2.19. The Morgan fingerprint density at radius 3 is 2.31 bits per heavy atom. The van der Waals surface area contributed by atoms with Crippen LogP contribution in [0.25, 0.3) is 11.1 Å². The number of methoxy groups -OCH3 is 1. The van der Waals surface area contributed by atoms with E-state index < -0.39 is 17.9 Å². The number of rotatable bonds is 13. The van der Waals surface area contributed by atoms with E-state index in [1.165, 1.54) is 12.7 Å². The van der Waals surface area contributed by atoms with Crippen molar-refractivity contribution in [2.24, 2.45) is 0 Å². The highest BCUT2D eigenvalue weighted by atomic mass is 79.9. The second-order valence-electron chi connectivity index (χ2n) is 10.3. The topological polar surface area (TPSA) is 86.8 Å². The summed E-state index contributed by atoms with van der Waals surface area (Å²) < 4.78 is 17.9. The zero-order valence-electron chi connectivity index (χ0n) is 24.8. The predicted octanol–water partition coefficient (Wildman–Crippen LogP) is 7.83. The lowest BCUT2D eigenvalue weighted by Crippen LogP contribution is -2.43. The number of amides is 1. The number of halogens is 1. The van der Waals surface area contributed by atoms with Crippen LogP contribution < -0.4 is 14.8 Å². The maximum absolute atomic E-state index is 13.5. The molecule has 0 bridgehead atoms. The highest BCUT2D eigenvalue weighted by molar-refractivity contribution is 9.10. The molecule has 1 N–H and O–H groups in total. The molecule has 1 unspecified atom stereocenters. The Hall–Kier alpha value is -4.95. The Morgan fingerprint density at radius 2 is 1.56 bits per heavy atom. The van der Waals surface area contributed by atoms with E-state index in [4.69, 9.17) is 14.2 Å². The molecule has 5 rings (SSSR count). The first-order valence-electron chi connectivity index (χ1n) is 14.6. The zero-order valence-corrected chi connectivity index (χ0v) is 26.4. The largest absolute Gasteiger partial charge is 0.493 e. The molecule has 0 saturated heterocycles. The molecule has 1 atom stereocenters. The van der Waals surface area contributed by atoms with Crippen molar-refractivity contribution in [1.29, 1.82) is 0 Å². The smallest absolute Gasteiger partial charge is 0.328 e. The van der Waals surface area contributed by atoms with E-state index in [0.29, 0.717) is 17.9 Å². The van der Waals surface area contributed by atoms with E-state index in [9.17, 15) is 9.59 Å². The van der Waals surface area contributed by atoms with Gasteiger partial charge in [0.1, 0.15) is 23.3 Å². The van der Waals surface area contributed by atoms with E-state index in [1.807, 2.05) is 97.1 Å². The van der Waals surface area contributed by atoms with Crippen LogP contribution in [0.4, 0.5) is 0 Å². The molecular weight excluding hydrogens is 632 g/mol. The number of carbonyl (C=O) groups excluding carboxylic acids is 2. The number of ether oxygens (including phenoxy) is 3. The van der Waals surface area contributed by atoms with Crippen molar-refractivity contribution in [3.05, 3.63) is 143 Å². The lowest BCUT2D eigenvalue weighted by molar-refractivity contribution is -0.142. The number of hydrogen-bond acceptors (Lipinski definition) is 6. The molecule has 0 aliphatic rings. The van der Waals surface area contributed by atoms with E-state index in [0.717, 1.165) is 45.5 Å². The summed E-state index contributed by atoms with van der Waals surface area (Å²) in [5, 5.41) is 2.86. The van der Waals surface area contributed by atoms with Gasteiger partial charge in [0.25, 0.3) is 5.91 Å². The quantitative estimate of drug-likeness (QED) is 0.102. The molecule has 0 fully saturated rings. The van der Waals surface area contributed by atoms with Gasteiger partial charge >= 0.3 is 5.97 Å². The molecule has 0 saturated carbocycles. The minimum atomic E-state index is -0.902. The molecule has 1 aromatic heterocycles. The van der Waals surface area contributed by atoms with Gasteiger partial charge in [-0.1, -0.05) is 76.6 Å². The van der Waals surface area contributed by atoms with Crippen molar-refractivity contribution in [3.8, 4) is 28.4 Å². The number of para-hydroxylation sites is 2. The van der Waals surface area contributed by atoms with Crippen molar-refractivity contribution in [3.63, 3.8) is 0 Å². The van der Waals surface area contributed by atoms with Crippen LogP contribution in [0.2, 0.25) is 0 Å². The fraction of sp³-hybridized carbons (Fsp3) is 0.162. The SMILES string of the molecule is COC(=O)C(Cc1ccc(-c2ccccc2Oc2ccccc2)cc1)NC(=O)c1cc(Br)ccc1OCCCc1ccncc1. The molecule has 1 amide bonds. The summed E-state index contributed by atoms with van der Waals surface area (Å²) >= 11 is 3.45. The molecule has 228 valence electrons. The van der Waals surface area contributed by atoms with Crippen LogP contribution >= 0.6 is 15.9 Å². The second kappa shape index (κ2) is 15.7. The van der Waals surface area contributed by atoms with Gasteiger partial charge in [0.2, 0.25) is 0 Å². The third kappa shape index (κ3) is 8.80. The third-order valence-corrected chi connectivity index (χ3v) is 7.65. The summed E-state index contributed by atoms with van der Waals surface area (Å²) in [7, 11) is 1.31. The summed E-state index contributed by atoms with van der Waals surface area (Å²) in [5.74, 6) is 0.959. The Bertz CT molecular complexity index is 1710. The Balaban J connectivity index is 1.26. The van der Waals surface area contributed by atoms with Crippen LogP contribution in [-0.2, 0) is 22.4 Å². The summed E-state index contributed by atoms with van der Waals surface area (Å²) in [4.78, 5) is 30.3. The van der Waals surface area contributed by atoms with Crippen molar-refractivity contribution >= 4 is 27.8 Å². The predicted molar refractivity (Wildman–Crippen MR) is 178 cm³/mol. The summed E-state index contributed by atoms with van der Waals surface area (Å²) in [6.07, 6.45) is 5.37. The van der Waals surface area contributed by atoms with E-state index in [2.05, 4.69) is 26.2 Å². The molecule has 0 aliphatic carbocycles. The minimum Gasteiger partial charge on any atom is -0.493 e. The highest BCUT2D eigenvalue weighted by Crippen LogP contribution is 2.33. The van der Waals surface area contributed by atoms with Gasteiger partial charge in [-0.3, -0.25) is 9.78 Å². The molecule has 45 heavy (non-hydrogen) atoms. The first-order valence-corrected chi connectivity index (χ1v) is 15.4. The number of hydrogen-bond donors (Lipinski definition) is 1. The van der Waals surface area contributed by atoms with Crippen LogP contribution in [0.5, 0.6) is 17.2 Å².